The van der Waals surface area contributed by atoms with Crippen LogP contribution in [0.1, 0.15) is 39.0 Å². The molecule has 0 unspecified atom stereocenters. The Hall–Kier alpha value is -0.540. The van der Waals surface area contributed by atoms with Gasteiger partial charge in [-0.05, 0) is 56.8 Å². The van der Waals surface area contributed by atoms with Crippen molar-refractivity contribution in [2.75, 3.05) is 19.6 Å². The maximum absolute atomic E-state index is 10.3. The summed E-state index contributed by atoms with van der Waals surface area (Å²) in [5.41, 5.74) is -0.591. The van der Waals surface area contributed by atoms with Crippen LogP contribution in [0.2, 0.25) is 0 Å². The normalized spacial score (nSPS) is 49.7. The smallest absolute Gasteiger partial charge is 0.0836 e. The molecular formula is C16H26N2O. The number of hydrogen-bond acceptors (Lipinski definition) is 3. The van der Waals surface area contributed by atoms with E-state index in [2.05, 4.69) is 16.0 Å². The average molecular weight is 262 g/mol. The average Bonchev–Trinajstić information content (AvgIpc) is 2.40. The highest BCUT2D eigenvalue weighted by atomic mass is 16.3. The van der Waals surface area contributed by atoms with Crippen molar-refractivity contribution in [3.8, 4) is 0 Å². The van der Waals surface area contributed by atoms with Crippen LogP contribution in [0, 0.1) is 11.8 Å². The first kappa shape index (κ1) is 12.2. The largest absolute Gasteiger partial charge is 0.386 e. The van der Waals surface area contributed by atoms with Crippen molar-refractivity contribution in [1.82, 2.24) is 9.80 Å². The SMILES string of the molecule is C[C@]1(O)C=CN2C[C@@H]3C[C@@H](CN4CCCC[C@H]34)[C@H]2C1. The van der Waals surface area contributed by atoms with Crippen molar-refractivity contribution in [3.63, 3.8) is 0 Å². The molecule has 3 fully saturated rings. The van der Waals surface area contributed by atoms with Gasteiger partial charge in [0.15, 0.2) is 0 Å². The minimum absolute atomic E-state index is 0.569. The standard InChI is InChI=1S/C16H26N2O/c1-16(19)5-7-18-10-12-8-13(15(18)9-16)11-17-6-3-2-4-14(12)17/h5,7,12-15,19H,2-4,6,8-11H2,1H3/t12-,13-,14+,15+,16-/m0/s1. The molecule has 5 atom stereocenters. The Morgan fingerprint density at radius 2 is 2.00 bits per heavy atom. The summed E-state index contributed by atoms with van der Waals surface area (Å²) in [7, 11) is 0. The lowest BCUT2D eigenvalue weighted by Gasteiger charge is -2.57. The van der Waals surface area contributed by atoms with Gasteiger partial charge >= 0.3 is 0 Å². The molecule has 4 rings (SSSR count). The Morgan fingerprint density at radius 3 is 2.89 bits per heavy atom. The summed E-state index contributed by atoms with van der Waals surface area (Å²) in [4.78, 5) is 5.31. The van der Waals surface area contributed by atoms with E-state index in [1.54, 1.807) is 0 Å². The first-order valence-corrected chi connectivity index (χ1v) is 8.04. The van der Waals surface area contributed by atoms with E-state index >= 15 is 0 Å². The third-order valence-electron chi connectivity index (χ3n) is 5.95. The van der Waals surface area contributed by atoms with Crippen LogP contribution in [0.25, 0.3) is 0 Å². The minimum Gasteiger partial charge on any atom is -0.386 e. The lowest BCUT2D eigenvalue weighted by molar-refractivity contribution is -0.0699. The second-order valence-corrected chi connectivity index (χ2v) is 7.46. The summed E-state index contributed by atoms with van der Waals surface area (Å²) >= 11 is 0. The topological polar surface area (TPSA) is 26.7 Å². The van der Waals surface area contributed by atoms with Gasteiger partial charge in [-0.3, -0.25) is 4.90 Å². The van der Waals surface area contributed by atoms with Crippen molar-refractivity contribution >= 4 is 0 Å². The van der Waals surface area contributed by atoms with Gasteiger partial charge in [0.2, 0.25) is 0 Å². The second-order valence-electron chi connectivity index (χ2n) is 7.46. The Labute approximate surface area is 116 Å². The predicted molar refractivity (Wildman–Crippen MR) is 75.7 cm³/mol. The molecule has 0 aromatic carbocycles. The molecule has 0 saturated carbocycles. The van der Waals surface area contributed by atoms with Crippen molar-refractivity contribution in [3.05, 3.63) is 12.3 Å². The third kappa shape index (κ3) is 2.02. The summed E-state index contributed by atoms with van der Waals surface area (Å²) in [6.45, 7) is 5.76. The molecule has 0 aliphatic carbocycles. The van der Waals surface area contributed by atoms with Crippen molar-refractivity contribution in [2.45, 2.75) is 56.7 Å². The van der Waals surface area contributed by atoms with Gasteiger partial charge in [-0.2, -0.15) is 0 Å². The van der Waals surface area contributed by atoms with Crippen LogP contribution in [-0.2, 0) is 0 Å². The second kappa shape index (κ2) is 4.23. The third-order valence-corrected chi connectivity index (χ3v) is 5.95. The Balaban J connectivity index is 1.59. The number of piperidine rings is 3. The van der Waals surface area contributed by atoms with E-state index in [4.69, 9.17) is 0 Å². The number of fused-ring (bicyclic) bond motifs is 6. The van der Waals surface area contributed by atoms with Crippen LogP contribution in [-0.4, -0.2) is 52.2 Å². The van der Waals surface area contributed by atoms with Gasteiger partial charge in [0.1, 0.15) is 0 Å². The molecule has 3 heteroatoms. The first-order chi connectivity index (χ1) is 9.12. The van der Waals surface area contributed by atoms with Crippen LogP contribution in [0.15, 0.2) is 12.3 Å². The zero-order valence-corrected chi connectivity index (χ0v) is 12.0. The van der Waals surface area contributed by atoms with Crippen molar-refractivity contribution in [1.29, 1.82) is 0 Å². The van der Waals surface area contributed by atoms with Crippen molar-refractivity contribution in [2.24, 2.45) is 11.8 Å². The zero-order chi connectivity index (χ0) is 13.0. The maximum Gasteiger partial charge on any atom is 0.0836 e. The number of hydrogen-bond donors (Lipinski definition) is 1. The highest BCUT2D eigenvalue weighted by molar-refractivity contribution is 5.12. The molecule has 4 heterocycles. The van der Waals surface area contributed by atoms with Gasteiger partial charge in [-0.15, -0.1) is 0 Å². The zero-order valence-electron chi connectivity index (χ0n) is 12.0. The fourth-order valence-electron chi connectivity index (χ4n) is 5.05. The molecule has 0 aromatic rings. The molecule has 3 nitrogen and oxygen atoms in total. The minimum atomic E-state index is -0.591. The molecule has 4 aliphatic rings. The quantitative estimate of drug-likeness (QED) is 0.721. The maximum atomic E-state index is 10.3. The van der Waals surface area contributed by atoms with Crippen LogP contribution < -0.4 is 0 Å². The van der Waals surface area contributed by atoms with E-state index < -0.39 is 5.60 Å². The van der Waals surface area contributed by atoms with E-state index in [1.165, 1.54) is 45.3 Å². The highest BCUT2D eigenvalue weighted by Gasteiger charge is 2.47. The predicted octanol–water partition coefficient (Wildman–Crippen LogP) is 1.83. The Bertz CT molecular complexity index is 392. The van der Waals surface area contributed by atoms with Crippen LogP contribution in [0.4, 0.5) is 0 Å². The van der Waals surface area contributed by atoms with Crippen LogP contribution >= 0.6 is 0 Å². The molecule has 1 N–H and O–H groups in total. The van der Waals surface area contributed by atoms with E-state index in [0.717, 1.165) is 24.3 Å². The fourth-order valence-corrected chi connectivity index (χ4v) is 5.05. The molecule has 4 aliphatic heterocycles. The van der Waals surface area contributed by atoms with Gasteiger partial charge in [0.25, 0.3) is 0 Å². The Morgan fingerprint density at radius 1 is 1.16 bits per heavy atom. The molecule has 0 amide bonds. The molecule has 106 valence electrons. The summed E-state index contributed by atoms with van der Waals surface area (Å²) in [6.07, 6.45) is 10.7. The number of rotatable bonds is 0. The molecule has 0 spiro atoms. The van der Waals surface area contributed by atoms with E-state index in [1.807, 2.05) is 13.0 Å². The molecule has 3 saturated heterocycles. The van der Waals surface area contributed by atoms with Gasteiger partial charge in [-0.1, -0.05) is 6.42 Å². The molecular weight excluding hydrogens is 236 g/mol. The lowest BCUT2D eigenvalue weighted by Crippen LogP contribution is -2.63. The van der Waals surface area contributed by atoms with Crippen LogP contribution in [0.5, 0.6) is 0 Å². The first-order valence-electron chi connectivity index (χ1n) is 8.04. The molecule has 19 heavy (non-hydrogen) atoms. The summed E-state index contributed by atoms with van der Waals surface area (Å²) in [5.74, 6) is 1.63. The fraction of sp³-hybridized carbons (Fsp3) is 0.875. The Kier molecular flexibility index (Phi) is 2.72. The number of aliphatic hydroxyl groups is 1. The van der Waals surface area contributed by atoms with Crippen molar-refractivity contribution < 1.29 is 5.11 Å². The highest BCUT2D eigenvalue weighted by Crippen LogP contribution is 2.43. The van der Waals surface area contributed by atoms with Gasteiger partial charge in [0, 0.05) is 31.6 Å². The molecule has 0 aromatic heterocycles. The van der Waals surface area contributed by atoms with Crippen LogP contribution in [0.3, 0.4) is 0 Å². The summed E-state index contributed by atoms with van der Waals surface area (Å²) < 4.78 is 0. The van der Waals surface area contributed by atoms with E-state index in [-0.39, 0.29) is 0 Å². The molecule has 2 bridgehead atoms. The number of nitrogens with zero attached hydrogens (tertiary/aromatic N) is 2. The van der Waals surface area contributed by atoms with Gasteiger partial charge < -0.3 is 10.0 Å². The summed E-state index contributed by atoms with van der Waals surface area (Å²) in [5, 5.41) is 10.3. The lowest BCUT2D eigenvalue weighted by atomic mass is 9.70. The van der Waals surface area contributed by atoms with Gasteiger partial charge in [-0.25, -0.2) is 0 Å². The van der Waals surface area contributed by atoms with E-state index in [9.17, 15) is 5.11 Å². The molecule has 0 radical (unpaired) electrons. The summed E-state index contributed by atoms with van der Waals surface area (Å²) in [6, 6.07) is 1.42. The van der Waals surface area contributed by atoms with Gasteiger partial charge in [0.05, 0.1) is 5.60 Å². The monoisotopic (exact) mass is 262 g/mol. The van der Waals surface area contributed by atoms with E-state index in [0.29, 0.717) is 6.04 Å².